The monoisotopic (exact) mass is 264 g/mol. The molecule has 1 aromatic rings. The summed E-state index contributed by atoms with van der Waals surface area (Å²) in [6.07, 6.45) is 3.96. The molecule has 0 spiro atoms. The van der Waals surface area contributed by atoms with Crippen LogP contribution in [0.25, 0.3) is 0 Å². The molecule has 1 aromatic heterocycles. The van der Waals surface area contributed by atoms with Gasteiger partial charge >= 0.3 is 54.9 Å². The number of rotatable bonds is 1. The molecule has 0 bridgehead atoms. The van der Waals surface area contributed by atoms with E-state index < -0.39 is 5.97 Å². The first-order valence-electron chi connectivity index (χ1n) is 2.30. The minimum atomic E-state index is -1.05. The van der Waals surface area contributed by atoms with Crippen molar-refractivity contribution in [3.05, 3.63) is 24.3 Å². The second-order valence-corrected chi connectivity index (χ2v) is 1.40. The first kappa shape index (κ1) is 10.1. The number of carboxylic acids is 1. The van der Waals surface area contributed by atoms with Crippen LogP contribution in [0, 0.1) is 0 Å². The molecule has 0 aliphatic carbocycles. The van der Waals surface area contributed by atoms with Crippen molar-refractivity contribution in [3.63, 3.8) is 0 Å². The molecule has 4 nitrogen and oxygen atoms in total. The summed E-state index contributed by atoms with van der Waals surface area (Å²) in [6.45, 7) is 0. The average Bonchev–Trinajstić information content (AvgIpc) is 1.90. The molecular formula is C5H6BaN2O2. The average molecular weight is 263 g/mol. The van der Waals surface area contributed by atoms with E-state index in [0.717, 1.165) is 0 Å². The molecule has 0 aliphatic heterocycles. The molecule has 0 amide bonds. The summed E-state index contributed by atoms with van der Waals surface area (Å²) in [4.78, 5) is 17.2. The first-order chi connectivity index (χ1) is 4.30. The van der Waals surface area contributed by atoms with Crippen molar-refractivity contribution in [2.75, 3.05) is 0 Å². The van der Waals surface area contributed by atoms with Crippen LogP contribution in [0.5, 0.6) is 0 Å². The van der Waals surface area contributed by atoms with Crippen molar-refractivity contribution in [2.24, 2.45) is 0 Å². The number of hydrogen-bond acceptors (Lipinski definition) is 3. The fraction of sp³-hybridized carbons (Fsp3) is 0. The molecule has 0 unspecified atom stereocenters. The van der Waals surface area contributed by atoms with Crippen LogP contribution in [-0.2, 0) is 0 Å². The van der Waals surface area contributed by atoms with Crippen molar-refractivity contribution in [2.45, 2.75) is 0 Å². The van der Waals surface area contributed by atoms with Crippen LogP contribution in [0.4, 0.5) is 0 Å². The van der Waals surface area contributed by atoms with Gasteiger partial charge in [-0.05, 0) is 0 Å². The van der Waals surface area contributed by atoms with Crippen molar-refractivity contribution >= 4 is 54.9 Å². The van der Waals surface area contributed by atoms with Gasteiger partial charge in [-0.15, -0.1) is 0 Å². The fourth-order valence-corrected chi connectivity index (χ4v) is 0.410. The van der Waals surface area contributed by atoms with E-state index in [1.54, 1.807) is 0 Å². The Morgan fingerprint density at radius 3 is 2.50 bits per heavy atom. The molecule has 0 aliphatic rings. The molecule has 5 heteroatoms. The maximum atomic E-state index is 10.1. The molecule has 0 saturated carbocycles. The predicted molar refractivity (Wildman–Crippen MR) is 37.5 cm³/mol. The molecule has 1 heterocycles. The van der Waals surface area contributed by atoms with E-state index in [0.29, 0.717) is 0 Å². The Kier molecular flexibility index (Phi) is 4.92. The van der Waals surface area contributed by atoms with Gasteiger partial charge in [0.1, 0.15) is 0 Å². The third kappa shape index (κ3) is 2.80. The van der Waals surface area contributed by atoms with E-state index in [1.807, 2.05) is 0 Å². The standard InChI is InChI=1S/C5H4N2O2.Ba.2H/c8-5(9)4-3-6-1-2-7-4;;;/h1-3H,(H,8,9);;;. The summed E-state index contributed by atoms with van der Waals surface area (Å²) < 4.78 is 0. The zero-order valence-corrected chi connectivity index (χ0v) is 4.48. The molecule has 0 radical (unpaired) electrons. The van der Waals surface area contributed by atoms with Gasteiger partial charge in [-0.1, -0.05) is 0 Å². The van der Waals surface area contributed by atoms with Gasteiger partial charge in [0.05, 0.1) is 6.20 Å². The molecule has 0 fully saturated rings. The van der Waals surface area contributed by atoms with Gasteiger partial charge in [0, 0.05) is 12.4 Å². The van der Waals surface area contributed by atoms with E-state index in [9.17, 15) is 4.79 Å². The molecule has 0 saturated heterocycles. The van der Waals surface area contributed by atoms with Crippen LogP contribution in [0.15, 0.2) is 18.6 Å². The number of carboxylic acid groups (broad SMARTS) is 1. The van der Waals surface area contributed by atoms with E-state index in [2.05, 4.69) is 9.97 Å². The van der Waals surface area contributed by atoms with Gasteiger partial charge in [-0.3, -0.25) is 4.98 Å². The van der Waals surface area contributed by atoms with Crippen molar-refractivity contribution < 1.29 is 9.90 Å². The summed E-state index contributed by atoms with van der Waals surface area (Å²) in [6, 6.07) is 0. The van der Waals surface area contributed by atoms with Crippen LogP contribution in [0.1, 0.15) is 10.5 Å². The van der Waals surface area contributed by atoms with Crippen molar-refractivity contribution in [3.8, 4) is 0 Å². The van der Waals surface area contributed by atoms with Gasteiger partial charge in [-0.25, -0.2) is 9.78 Å². The van der Waals surface area contributed by atoms with Gasteiger partial charge in [0.25, 0.3) is 0 Å². The van der Waals surface area contributed by atoms with E-state index in [1.165, 1.54) is 18.6 Å². The van der Waals surface area contributed by atoms with E-state index in [-0.39, 0.29) is 54.6 Å². The number of nitrogens with zero attached hydrogens (tertiary/aromatic N) is 2. The molecule has 0 atom stereocenters. The third-order valence-corrected chi connectivity index (χ3v) is 0.782. The number of aromatic carboxylic acids is 1. The van der Waals surface area contributed by atoms with Gasteiger partial charge < -0.3 is 5.11 Å². The molecule has 0 aromatic carbocycles. The van der Waals surface area contributed by atoms with Gasteiger partial charge in [0.2, 0.25) is 0 Å². The van der Waals surface area contributed by atoms with Gasteiger partial charge in [-0.2, -0.15) is 0 Å². The minimum absolute atomic E-state index is 0. The van der Waals surface area contributed by atoms with Crippen LogP contribution in [-0.4, -0.2) is 69.9 Å². The second kappa shape index (κ2) is 4.86. The van der Waals surface area contributed by atoms with Crippen LogP contribution in [0.3, 0.4) is 0 Å². The zero-order valence-electron chi connectivity index (χ0n) is 4.48. The molecule has 10 heavy (non-hydrogen) atoms. The number of carbonyl (C=O) groups is 1. The van der Waals surface area contributed by atoms with Crippen LogP contribution in [0.2, 0.25) is 0 Å². The molecule has 50 valence electrons. The Bertz CT molecular complexity index is 214. The summed E-state index contributed by atoms with van der Waals surface area (Å²) in [5, 5.41) is 8.28. The Hall–Kier alpha value is 0.121. The molecule has 1 rings (SSSR count). The topological polar surface area (TPSA) is 63.1 Å². The fourth-order valence-electron chi connectivity index (χ4n) is 0.410. The van der Waals surface area contributed by atoms with Gasteiger partial charge in [0.15, 0.2) is 5.69 Å². The summed E-state index contributed by atoms with van der Waals surface area (Å²) in [7, 11) is 0. The van der Waals surface area contributed by atoms with E-state index >= 15 is 0 Å². The summed E-state index contributed by atoms with van der Waals surface area (Å²) in [5.41, 5.74) is -0.0301. The Balaban J connectivity index is 0.000000810. The van der Waals surface area contributed by atoms with E-state index in [4.69, 9.17) is 5.11 Å². The number of hydrogen-bond donors (Lipinski definition) is 1. The first-order valence-corrected chi connectivity index (χ1v) is 2.30. The Morgan fingerprint density at radius 2 is 2.20 bits per heavy atom. The van der Waals surface area contributed by atoms with Crippen molar-refractivity contribution in [1.82, 2.24) is 9.97 Å². The predicted octanol–water partition coefficient (Wildman–Crippen LogP) is -0.741. The quantitative estimate of drug-likeness (QED) is 0.678. The Morgan fingerprint density at radius 1 is 1.50 bits per heavy atom. The summed E-state index contributed by atoms with van der Waals surface area (Å²) >= 11 is 0. The second-order valence-electron chi connectivity index (χ2n) is 1.40. The maximum absolute atomic E-state index is 10.1. The Labute approximate surface area is 97.8 Å². The molecule has 1 N–H and O–H groups in total. The third-order valence-electron chi connectivity index (χ3n) is 0.782. The zero-order chi connectivity index (χ0) is 6.69. The SMILES string of the molecule is O=C(O)c1cnccn1.[BaH2]. The number of aromatic nitrogens is 2. The molecular weight excluding hydrogens is 257 g/mol. The summed E-state index contributed by atoms with van der Waals surface area (Å²) in [5.74, 6) is -1.05. The normalized spacial score (nSPS) is 8.00. The van der Waals surface area contributed by atoms with Crippen LogP contribution < -0.4 is 0 Å². The van der Waals surface area contributed by atoms with Crippen molar-refractivity contribution in [1.29, 1.82) is 0 Å². The van der Waals surface area contributed by atoms with Crippen LogP contribution >= 0.6 is 0 Å².